The summed E-state index contributed by atoms with van der Waals surface area (Å²) in [5.74, 6) is -0.700. The molecule has 19 heteroatoms. The van der Waals surface area contributed by atoms with E-state index in [1.165, 1.54) is 4.90 Å². The SMILES string of the molecule is Cc1ncsc1-c1ccc([C@H](C)NC(=O)[C@@H]2C[C@@H](O)CN2C(=O)CNC(=O)COCCCOCCNC(=O)[C@H](CCC(C)(C)C)[C@@H]2N=C(c3ccc(Cl)cc3)c3c(sc(C)c3C)-n3c(C)nnc32)cc1. The molecule has 5 atom stereocenters. The molecule has 5 aromatic rings. The van der Waals surface area contributed by atoms with Gasteiger partial charge < -0.3 is 35.4 Å². The van der Waals surface area contributed by atoms with Crippen molar-refractivity contribution in [1.29, 1.82) is 0 Å². The lowest BCUT2D eigenvalue weighted by Gasteiger charge is -2.26. The summed E-state index contributed by atoms with van der Waals surface area (Å²) in [5, 5.41) is 29.8. The number of aliphatic imine (C=N–C) groups is 1. The zero-order valence-electron chi connectivity index (χ0n) is 41.1. The van der Waals surface area contributed by atoms with Gasteiger partial charge in [-0.05, 0) is 88.1 Å². The molecule has 7 rings (SSSR count). The summed E-state index contributed by atoms with van der Waals surface area (Å²) in [7, 11) is 0. The van der Waals surface area contributed by atoms with Crippen LogP contribution in [-0.4, -0.2) is 117 Å². The summed E-state index contributed by atoms with van der Waals surface area (Å²) in [4.78, 5) is 66.7. The highest BCUT2D eigenvalue weighted by Crippen LogP contribution is 2.42. The van der Waals surface area contributed by atoms with Gasteiger partial charge in [0.05, 0.1) is 53.0 Å². The Kier molecular flexibility index (Phi) is 17.4. The summed E-state index contributed by atoms with van der Waals surface area (Å²) in [6.07, 6.45) is 1.07. The van der Waals surface area contributed by atoms with E-state index in [2.05, 4.69) is 70.3 Å². The molecule has 5 heterocycles. The molecule has 16 nitrogen and oxygen atoms in total. The van der Waals surface area contributed by atoms with Gasteiger partial charge >= 0.3 is 0 Å². The number of β-amino-alcohol motifs (C(OH)–C–C–N with tert-alkyl or cyclic N) is 1. The van der Waals surface area contributed by atoms with E-state index >= 15 is 0 Å². The maximum Gasteiger partial charge on any atom is 0.246 e. The van der Waals surface area contributed by atoms with Gasteiger partial charge in [0.25, 0.3) is 0 Å². The van der Waals surface area contributed by atoms with Crippen LogP contribution >= 0.6 is 34.3 Å². The molecule has 2 aliphatic rings. The van der Waals surface area contributed by atoms with Gasteiger partial charge in [0.2, 0.25) is 23.6 Å². The van der Waals surface area contributed by atoms with Crippen LogP contribution in [0.15, 0.2) is 59.0 Å². The molecular formula is C51H64ClN9O7S2. The molecule has 1 saturated heterocycles. The van der Waals surface area contributed by atoms with Gasteiger partial charge in [-0.1, -0.05) is 68.8 Å². The second-order valence-electron chi connectivity index (χ2n) is 19.2. The highest BCUT2D eigenvalue weighted by Gasteiger charge is 2.40. The molecule has 4 N–H and O–H groups in total. The highest BCUT2D eigenvalue weighted by atomic mass is 35.5. The minimum Gasteiger partial charge on any atom is -0.391 e. The number of benzene rings is 2. The second kappa shape index (κ2) is 23.2. The minimum atomic E-state index is -0.874. The van der Waals surface area contributed by atoms with E-state index in [1.54, 1.807) is 22.7 Å². The Balaban J connectivity index is 0.851. The molecule has 2 aromatic carbocycles. The summed E-state index contributed by atoms with van der Waals surface area (Å²) in [5.41, 5.74) is 8.48. The molecule has 1 fully saturated rings. The quantitative estimate of drug-likeness (QED) is 0.0580. The van der Waals surface area contributed by atoms with Gasteiger partial charge in [0, 0.05) is 53.8 Å². The van der Waals surface area contributed by atoms with Crippen LogP contribution in [0.3, 0.4) is 0 Å². The Labute approximate surface area is 422 Å². The monoisotopic (exact) mass is 1010 g/mol. The molecule has 2 aliphatic heterocycles. The van der Waals surface area contributed by atoms with E-state index in [4.69, 9.17) is 26.1 Å². The fourth-order valence-electron chi connectivity index (χ4n) is 8.71. The zero-order valence-corrected chi connectivity index (χ0v) is 43.5. The van der Waals surface area contributed by atoms with Crippen molar-refractivity contribution in [2.75, 3.05) is 46.1 Å². The van der Waals surface area contributed by atoms with Crippen molar-refractivity contribution in [3.8, 4) is 15.4 Å². The Morgan fingerprint density at radius 3 is 2.36 bits per heavy atom. The number of carbonyl (C=O) groups excluding carboxylic acids is 4. The first kappa shape index (κ1) is 52.5. The third-order valence-corrected chi connectivity index (χ3v) is 15.1. The molecule has 70 heavy (non-hydrogen) atoms. The number of aliphatic hydroxyl groups excluding tert-OH is 1. The number of hydrogen-bond acceptors (Lipinski definition) is 13. The molecule has 374 valence electrons. The lowest BCUT2D eigenvalue weighted by atomic mass is 9.83. The smallest absolute Gasteiger partial charge is 0.246 e. The zero-order chi connectivity index (χ0) is 50.3. The number of amides is 4. The van der Waals surface area contributed by atoms with Gasteiger partial charge in [0.1, 0.15) is 29.5 Å². The van der Waals surface area contributed by atoms with Crippen molar-refractivity contribution in [2.24, 2.45) is 16.3 Å². The first-order valence-electron chi connectivity index (χ1n) is 23.7. The molecule has 0 aliphatic carbocycles. The number of aromatic nitrogens is 4. The molecule has 0 bridgehead atoms. The number of halogens is 1. The number of fused-ring (bicyclic) bond motifs is 3. The van der Waals surface area contributed by atoms with Gasteiger partial charge in [0.15, 0.2) is 5.82 Å². The van der Waals surface area contributed by atoms with Crippen LogP contribution in [0.25, 0.3) is 15.4 Å². The number of thiophene rings is 1. The molecule has 0 radical (unpaired) electrons. The van der Waals surface area contributed by atoms with Gasteiger partial charge in [-0.15, -0.1) is 32.9 Å². The lowest BCUT2D eigenvalue weighted by molar-refractivity contribution is -0.139. The number of nitrogens with one attached hydrogen (secondary N) is 3. The van der Waals surface area contributed by atoms with Crippen LogP contribution in [0, 0.1) is 39.0 Å². The fraction of sp³-hybridized carbons (Fsp3) is 0.490. The molecule has 4 amide bonds. The average Bonchev–Trinajstić information content (AvgIpc) is 4.09. The number of hydrogen-bond donors (Lipinski definition) is 4. The Morgan fingerprint density at radius 1 is 0.943 bits per heavy atom. The number of thiazole rings is 1. The normalized spacial score (nSPS) is 17.5. The van der Waals surface area contributed by atoms with Crippen LogP contribution in [0.2, 0.25) is 5.02 Å². The summed E-state index contributed by atoms with van der Waals surface area (Å²) < 4.78 is 13.4. The topological polar surface area (TPSA) is 202 Å². The van der Waals surface area contributed by atoms with Crippen molar-refractivity contribution in [3.05, 3.63) is 104 Å². The maximum atomic E-state index is 14.3. The van der Waals surface area contributed by atoms with Crippen molar-refractivity contribution in [3.63, 3.8) is 0 Å². The number of nitrogens with zero attached hydrogens (tertiary/aromatic N) is 6. The summed E-state index contributed by atoms with van der Waals surface area (Å²) in [6, 6.07) is 13.7. The average molecular weight is 1010 g/mol. The van der Waals surface area contributed by atoms with E-state index < -0.39 is 35.9 Å². The number of ether oxygens (including phenoxy) is 2. The Hall–Kier alpha value is -5.37. The van der Waals surface area contributed by atoms with Crippen molar-refractivity contribution in [1.82, 2.24) is 40.6 Å². The van der Waals surface area contributed by atoms with Gasteiger partial charge in [-0.3, -0.25) is 28.7 Å². The number of aliphatic hydroxyl groups is 1. The third-order valence-electron chi connectivity index (χ3n) is 12.7. The summed E-state index contributed by atoms with van der Waals surface area (Å²) in [6.45, 7) is 16.9. The van der Waals surface area contributed by atoms with E-state index in [0.29, 0.717) is 30.3 Å². The van der Waals surface area contributed by atoms with E-state index in [0.717, 1.165) is 66.2 Å². The van der Waals surface area contributed by atoms with E-state index in [-0.39, 0.29) is 69.1 Å². The third kappa shape index (κ3) is 12.7. The first-order valence-corrected chi connectivity index (χ1v) is 25.8. The first-order chi connectivity index (χ1) is 33.4. The van der Waals surface area contributed by atoms with Gasteiger partial charge in [-0.2, -0.15) is 0 Å². The maximum absolute atomic E-state index is 14.3. The Bertz CT molecular complexity index is 2670. The minimum absolute atomic E-state index is 0.0111. The van der Waals surface area contributed by atoms with Crippen molar-refractivity contribution < 1.29 is 33.8 Å². The number of rotatable bonds is 20. The van der Waals surface area contributed by atoms with Crippen LogP contribution in [0.5, 0.6) is 0 Å². The largest absolute Gasteiger partial charge is 0.391 e. The van der Waals surface area contributed by atoms with E-state index in [1.807, 2.05) is 74.8 Å². The lowest BCUT2D eigenvalue weighted by Crippen LogP contribution is -2.49. The summed E-state index contributed by atoms with van der Waals surface area (Å²) >= 11 is 9.56. The number of aryl methyl sites for hydroxylation is 3. The number of carbonyl (C=O) groups is 4. The van der Waals surface area contributed by atoms with Crippen molar-refractivity contribution in [2.45, 2.75) is 105 Å². The molecule has 3 aromatic heterocycles. The van der Waals surface area contributed by atoms with Crippen LogP contribution < -0.4 is 16.0 Å². The number of likely N-dealkylation sites (tertiary alicyclic amines) is 1. The van der Waals surface area contributed by atoms with Crippen LogP contribution in [0.4, 0.5) is 0 Å². The highest BCUT2D eigenvalue weighted by molar-refractivity contribution is 7.15. The van der Waals surface area contributed by atoms with Crippen LogP contribution in [-0.2, 0) is 28.7 Å². The van der Waals surface area contributed by atoms with E-state index in [9.17, 15) is 24.3 Å². The Morgan fingerprint density at radius 2 is 1.66 bits per heavy atom. The second-order valence-corrected chi connectivity index (χ2v) is 21.7. The fourth-order valence-corrected chi connectivity index (χ4v) is 10.9. The molecule has 0 spiro atoms. The molecule has 0 unspecified atom stereocenters. The predicted molar refractivity (Wildman–Crippen MR) is 273 cm³/mol. The van der Waals surface area contributed by atoms with Crippen molar-refractivity contribution >= 4 is 63.6 Å². The predicted octanol–water partition coefficient (Wildman–Crippen LogP) is 7.17. The molecule has 0 saturated carbocycles. The van der Waals surface area contributed by atoms with Gasteiger partial charge in [-0.25, -0.2) is 4.98 Å². The van der Waals surface area contributed by atoms with Crippen LogP contribution in [0.1, 0.15) is 110 Å². The molecular weight excluding hydrogens is 950 g/mol. The standard InChI is InChI=1S/C51H64ClN9O7S2/c1-29-32(4)70-50-43(29)44(35-14-16-37(52)17-15-35)57-45(47-59-58-33(5)61(47)50)39(18-19-51(6,7)8)48(65)53-20-23-67-21-9-22-68-27-41(63)54-25-42(64)60-26-38(62)24-40(60)49(66)56-30(2)34-10-12-36(13-11-34)46-31(3)55-28-69-46/h10-17,28,30,38-40,45,62H,9,18-27H2,1-8H3,(H,53,65)(H,54,63)(H,56,66)/t30-,38+,39+,40-,45-/m0/s1.